The van der Waals surface area contributed by atoms with Crippen molar-refractivity contribution in [3.63, 3.8) is 0 Å². The summed E-state index contributed by atoms with van der Waals surface area (Å²) in [6, 6.07) is 10.4. The molecule has 2 unspecified atom stereocenters. The lowest BCUT2D eigenvalue weighted by molar-refractivity contribution is 0.0653. The second kappa shape index (κ2) is 4.65. The van der Waals surface area contributed by atoms with Crippen molar-refractivity contribution in [2.45, 2.75) is 33.3 Å². The Bertz CT molecular complexity index is 648. The lowest BCUT2D eigenvalue weighted by Gasteiger charge is -2.14. The van der Waals surface area contributed by atoms with E-state index in [1.807, 2.05) is 13.0 Å². The molecular weight excluding hydrogens is 236 g/mol. The van der Waals surface area contributed by atoms with Crippen LogP contribution in [0.15, 0.2) is 35.5 Å². The van der Waals surface area contributed by atoms with Crippen LogP contribution in [0.3, 0.4) is 0 Å². The molecule has 1 aromatic heterocycles. The number of nitrogens with zero attached hydrogens (tertiary/aromatic N) is 2. The van der Waals surface area contributed by atoms with Crippen LogP contribution in [-0.4, -0.2) is 16.8 Å². The quantitative estimate of drug-likeness (QED) is 0.822. The van der Waals surface area contributed by atoms with Gasteiger partial charge in [0, 0.05) is 23.4 Å². The molecule has 1 aliphatic rings. The van der Waals surface area contributed by atoms with Gasteiger partial charge in [0.05, 0.1) is 11.2 Å². The molecule has 3 nitrogen and oxygen atoms in total. The summed E-state index contributed by atoms with van der Waals surface area (Å²) in [7, 11) is 0. The Labute approximate surface area is 113 Å². The third-order valence-corrected chi connectivity index (χ3v) is 3.94. The molecule has 2 atom stereocenters. The fourth-order valence-corrected chi connectivity index (χ4v) is 2.54. The summed E-state index contributed by atoms with van der Waals surface area (Å²) in [5.41, 5.74) is 4.48. The summed E-state index contributed by atoms with van der Waals surface area (Å²) < 4.78 is 0. The van der Waals surface area contributed by atoms with Gasteiger partial charge >= 0.3 is 0 Å². The van der Waals surface area contributed by atoms with E-state index in [1.54, 1.807) is 0 Å². The van der Waals surface area contributed by atoms with Gasteiger partial charge in [-0.1, -0.05) is 30.3 Å². The molecule has 1 aliphatic heterocycles. The number of hydrogen-bond donors (Lipinski definition) is 0. The van der Waals surface area contributed by atoms with E-state index in [0.29, 0.717) is 5.92 Å². The average Bonchev–Trinajstić information content (AvgIpc) is 2.71. The van der Waals surface area contributed by atoms with Crippen LogP contribution in [0, 0.1) is 12.8 Å². The number of benzene rings is 1. The van der Waals surface area contributed by atoms with Crippen molar-refractivity contribution in [3.8, 4) is 0 Å². The van der Waals surface area contributed by atoms with E-state index >= 15 is 0 Å². The Balaban J connectivity index is 1.90. The van der Waals surface area contributed by atoms with E-state index in [-0.39, 0.29) is 6.10 Å². The molecule has 98 valence electrons. The van der Waals surface area contributed by atoms with E-state index < -0.39 is 0 Å². The van der Waals surface area contributed by atoms with E-state index in [2.05, 4.69) is 43.3 Å². The van der Waals surface area contributed by atoms with Gasteiger partial charge in [0.15, 0.2) is 0 Å². The Morgan fingerprint density at radius 3 is 2.74 bits per heavy atom. The first kappa shape index (κ1) is 12.2. The molecule has 3 rings (SSSR count). The zero-order valence-electron chi connectivity index (χ0n) is 11.6. The Hall–Kier alpha value is -1.90. The minimum Gasteiger partial charge on any atom is -0.391 e. The van der Waals surface area contributed by atoms with Crippen molar-refractivity contribution < 1.29 is 4.84 Å². The maximum absolute atomic E-state index is 5.48. The van der Waals surface area contributed by atoms with E-state index in [1.165, 1.54) is 10.9 Å². The number of aryl methyl sites for hydroxylation is 1. The lowest BCUT2D eigenvalue weighted by atomic mass is 9.96. The molecule has 0 N–H and O–H groups in total. The van der Waals surface area contributed by atoms with Crippen LogP contribution in [0.4, 0.5) is 0 Å². The van der Waals surface area contributed by atoms with E-state index in [0.717, 1.165) is 23.3 Å². The average molecular weight is 254 g/mol. The van der Waals surface area contributed by atoms with Gasteiger partial charge in [0.2, 0.25) is 0 Å². The Morgan fingerprint density at radius 2 is 2.00 bits per heavy atom. The first-order valence-electron chi connectivity index (χ1n) is 6.70. The third kappa shape index (κ3) is 2.21. The standard InChI is InChI=1S/C16H18N2O/c1-10-8-13(9-16-11(2)12(3)18-19-16)17-15-7-5-4-6-14(10)15/h4-8,11,16H,9H2,1-3H3. The maximum Gasteiger partial charge on any atom is 0.140 e. The number of pyridine rings is 1. The largest absolute Gasteiger partial charge is 0.391 e. The zero-order valence-corrected chi connectivity index (χ0v) is 11.6. The third-order valence-electron chi connectivity index (χ3n) is 3.94. The summed E-state index contributed by atoms with van der Waals surface area (Å²) in [5.74, 6) is 0.369. The van der Waals surface area contributed by atoms with Gasteiger partial charge in [-0.2, -0.15) is 0 Å². The van der Waals surface area contributed by atoms with Gasteiger partial charge in [-0.3, -0.25) is 4.98 Å². The predicted octanol–water partition coefficient (Wildman–Crippen LogP) is 3.50. The van der Waals surface area contributed by atoms with Crippen LogP contribution in [0.1, 0.15) is 25.1 Å². The first-order chi connectivity index (χ1) is 9.15. The Morgan fingerprint density at radius 1 is 1.21 bits per heavy atom. The predicted molar refractivity (Wildman–Crippen MR) is 77.3 cm³/mol. The van der Waals surface area contributed by atoms with Crippen LogP contribution in [0.2, 0.25) is 0 Å². The van der Waals surface area contributed by atoms with Crippen molar-refractivity contribution in [1.82, 2.24) is 4.98 Å². The molecule has 2 aromatic rings. The fourth-order valence-electron chi connectivity index (χ4n) is 2.54. The second-order valence-electron chi connectivity index (χ2n) is 5.32. The molecule has 19 heavy (non-hydrogen) atoms. The van der Waals surface area contributed by atoms with Crippen molar-refractivity contribution >= 4 is 16.6 Å². The highest BCUT2D eigenvalue weighted by molar-refractivity contribution is 5.85. The van der Waals surface area contributed by atoms with Crippen molar-refractivity contribution in [1.29, 1.82) is 0 Å². The molecule has 0 saturated heterocycles. The molecule has 0 bridgehead atoms. The second-order valence-corrected chi connectivity index (χ2v) is 5.32. The van der Waals surface area contributed by atoms with Gasteiger partial charge < -0.3 is 4.84 Å². The van der Waals surface area contributed by atoms with Crippen LogP contribution in [0.25, 0.3) is 10.9 Å². The summed E-state index contributed by atoms with van der Waals surface area (Å²) in [6.45, 7) is 6.31. The molecule has 3 heteroatoms. The highest BCUT2D eigenvalue weighted by Gasteiger charge is 2.28. The SMILES string of the molecule is CC1=NOC(Cc2cc(C)c3ccccc3n2)C1C. The van der Waals surface area contributed by atoms with Crippen LogP contribution >= 0.6 is 0 Å². The number of aromatic nitrogens is 1. The number of rotatable bonds is 2. The maximum atomic E-state index is 5.48. The highest BCUT2D eigenvalue weighted by Crippen LogP contribution is 2.23. The number of fused-ring (bicyclic) bond motifs is 1. The van der Waals surface area contributed by atoms with Crippen molar-refractivity contribution in [2.24, 2.45) is 11.1 Å². The minimum absolute atomic E-state index is 0.119. The van der Waals surface area contributed by atoms with Crippen LogP contribution in [-0.2, 0) is 11.3 Å². The van der Waals surface area contributed by atoms with Crippen LogP contribution < -0.4 is 0 Å². The number of hydrogen-bond acceptors (Lipinski definition) is 3. The molecule has 0 spiro atoms. The molecule has 0 amide bonds. The first-order valence-corrected chi connectivity index (χ1v) is 6.70. The fraction of sp³-hybridized carbons (Fsp3) is 0.375. The van der Waals surface area contributed by atoms with E-state index in [4.69, 9.17) is 9.82 Å². The summed E-state index contributed by atoms with van der Waals surface area (Å²) >= 11 is 0. The summed E-state index contributed by atoms with van der Waals surface area (Å²) in [6.07, 6.45) is 0.932. The molecule has 0 aliphatic carbocycles. The van der Waals surface area contributed by atoms with Gasteiger partial charge in [-0.25, -0.2) is 0 Å². The molecule has 2 heterocycles. The summed E-state index contributed by atoms with van der Waals surface area (Å²) in [5, 5.41) is 5.29. The lowest BCUT2D eigenvalue weighted by Crippen LogP contribution is -2.22. The molecule has 0 radical (unpaired) electrons. The van der Waals surface area contributed by atoms with Gasteiger partial charge in [-0.15, -0.1) is 0 Å². The highest BCUT2D eigenvalue weighted by atomic mass is 16.6. The molecule has 0 saturated carbocycles. The van der Waals surface area contributed by atoms with Gasteiger partial charge in [-0.05, 0) is 31.5 Å². The number of para-hydroxylation sites is 1. The smallest absolute Gasteiger partial charge is 0.140 e. The Kier molecular flexibility index (Phi) is 2.97. The molecule has 0 fully saturated rings. The monoisotopic (exact) mass is 254 g/mol. The van der Waals surface area contributed by atoms with Crippen molar-refractivity contribution in [2.75, 3.05) is 0 Å². The van der Waals surface area contributed by atoms with E-state index in [9.17, 15) is 0 Å². The normalized spacial score (nSPS) is 22.4. The minimum atomic E-state index is 0.119. The topological polar surface area (TPSA) is 34.5 Å². The van der Waals surface area contributed by atoms with Gasteiger partial charge in [0.1, 0.15) is 6.10 Å². The molecule has 1 aromatic carbocycles. The van der Waals surface area contributed by atoms with Gasteiger partial charge in [0.25, 0.3) is 0 Å². The number of oxime groups is 1. The molecular formula is C16H18N2O. The van der Waals surface area contributed by atoms with Crippen LogP contribution in [0.5, 0.6) is 0 Å². The van der Waals surface area contributed by atoms with Crippen molar-refractivity contribution in [3.05, 3.63) is 41.6 Å². The zero-order chi connectivity index (χ0) is 13.4. The summed E-state index contributed by atoms with van der Waals surface area (Å²) in [4.78, 5) is 10.2.